The third-order valence-corrected chi connectivity index (χ3v) is 3.23. The number of Topliss-reactive ketones (excluding diaryl/α,β-unsaturated/α-hetero) is 1. The molecule has 0 amide bonds. The second-order valence-electron chi connectivity index (χ2n) is 4.27. The van der Waals surface area contributed by atoms with Gasteiger partial charge in [-0.3, -0.25) is 4.79 Å². The number of carbonyl (C=O) groups excluding carboxylic acids is 1. The Morgan fingerprint density at radius 1 is 1.53 bits per heavy atom. The lowest BCUT2D eigenvalue weighted by molar-refractivity contribution is 0.0993. The molecule has 1 aromatic rings. The summed E-state index contributed by atoms with van der Waals surface area (Å²) in [6.45, 7) is 0.319. The molecule has 92 valence electrons. The molecule has 0 heterocycles. The van der Waals surface area contributed by atoms with Crippen molar-refractivity contribution in [2.45, 2.75) is 25.4 Å². The average molecular weight is 254 g/mol. The number of likely N-dealkylation sites (N-methyl/N-ethyl adjacent to an activating group) is 1. The van der Waals surface area contributed by atoms with Crippen molar-refractivity contribution >= 4 is 17.4 Å². The molecule has 1 saturated carbocycles. The van der Waals surface area contributed by atoms with E-state index in [0.717, 1.165) is 12.8 Å². The SMILES string of the molecule is CNCC(=O)c1ccc(OC2CCC2)c(Cl)c1. The Bertz CT molecular complexity index is 416. The monoisotopic (exact) mass is 253 g/mol. The second kappa shape index (κ2) is 5.52. The van der Waals surface area contributed by atoms with Crippen molar-refractivity contribution in [2.75, 3.05) is 13.6 Å². The van der Waals surface area contributed by atoms with Gasteiger partial charge in [0.2, 0.25) is 0 Å². The highest BCUT2D eigenvalue weighted by molar-refractivity contribution is 6.32. The van der Waals surface area contributed by atoms with Crippen molar-refractivity contribution in [1.82, 2.24) is 5.32 Å². The van der Waals surface area contributed by atoms with Gasteiger partial charge in [0.25, 0.3) is 0 Å². The van der Waals surface area contributed by atoms with E-state index in [4.69, 9.17) is 16.3 Å². The predicted molar refractivity (Wildman–Crippen MR) is 68.0 cm³/mol. The number of ketones is 1. The summed E-state index contributed by atoms with van der Waals surface area (Å²) in [7, 11) is 1.74. The van der Waals surface area contributed by atoms with E-state index in [9.17, 15) is 4.79 Å². The minimum absolute atomic E-state index is 0.0320. The molecule has 2 rings (SSSR count). The molecule has 1 aromatic carbocycles. The van der Waals surface area contributed by atoms with Gasteiger partial charge in [0.15, 0.2) is 5.78 Å². The first kappa shape index (κ1) is 12.4. The van der Waals surface area contributed by atoms with Gasteiger partial charge in [-0.1, -0.05) is 11.6 Å². The molecule has 1 fully saturated rings. The van der Waals surface area contributed by atoms with Crippen LogP contribution in [0, 0.1) is 0 Å². The largest absolute Gasteiger partial charge is 0.489 e. The van der Waals surface area contributed by atoms with Crippen molar-refractivity contribution in [2.24, 2.45) is 0 Å². The highest BCUT2D eigenvalue weighted by Gasteiger charge is 2.20. The van der Waals surface area contributed by atoms with E-state index in [1.807, 2.05) is 0 Å². The van der Waals surface area contributed by atoms with Crippen LogP contribution in [0.5, 0.6) is 5.75 Å². The van der Waals surface area contributed by atoms with Crippen LogP contribution in [0.2, 0.25) is 5.02 Å². The number of rotatable bonds is 5. The maximum Gasteiger partial charge on any atom is 0.176 e. The molecule has 1 aliphatic rings. The van der Waals surface area contributed by atoms with E-state index < -0.39 is 0 Å². The summed E-state index contributed by atoms with van der Waals surface area (Å²) in [6, 6.07) is 5.22. The Kier molecular flexibility index (Phi) is 4.02. The number of nitrogens with one attached hydrogen (secondary N) is 1. The van der Waals surface area contributed by atoms with Gasteiger partial charge in [0.1, 0.15) is 5.75 Å². The quantitative estimate of drug-likeness (QED) is 0.820. The maximum atomic E-state index is 11.6. The smallest absolute Gasteiger partial charge is 0.176 e. The molecule has 0 unspecified atom stereocenters. The third-order valence-electron chi connectivity index (χ3n) is 2.94. The van der Waals surface area contributed by atoms with Crippen molar-refractivity contribution in [3.8, 4) is 5.75 Å². The molecule has 0 spiro atoms. The van der Waals surface area contributed by atoms with Gasteiger partial charge >= 0.3 is 0 Å². The van der Waals surface area contributed by atoms with Crippen LogP contribution in [0.4, 0.5) is 0 Å². The number of benzene rings is 1. The predicted octanol–water partition coefficient (Wildman–Crippen LogP) is 2.67. The molecule has 4 heteroatoms. The number of halogens is 1. The van der Waals surface area contributed by atoms with Crippen molar-refractivity contribution < 1.29 is 9.53 Å². The van der Waals surface area contributed by atoms with E-state index >= 15 is 0 Å². The van der Waals surface area contributed by atoms with E-state index in [2.05, 4.69) is 5.32 Å². The molecule has 0 aromatic heterocycles. The average Bonchev–Trinajstić information content (AvgIpc) is 2.25. The zero-order valence-corrected chi connectivity index (χ0v) is 10.6. The first-order chi connectivity index (χ1) is 8.20. The summed E-state index contributed by atoms with van der Waals surface area (Å²) in [5.74, 6) is 0.710. The van der Waals surface area contributed by atoms with Crippen LogP contribution >= 0.6 is 11.6 Å². The Balaban J connectivity index is 2.07. The molecular weight excluding hydrogens is 238 g/mol. The Hall–Kier alpha value is -1.06. The topological polar surface area (TPSA) is 38.3 Å². The lowest BCUT2D eigenvalue weighted by Gasteiger charge is -2.26. The standard InChI is InChI=1S/C13H16ClNO2/c1-15-8-12(16)9-5-6-13(11(14)7-9)17-10-3-2-4-10/h5-7,10,15H,2-4,8H2,1H3. The van der Waals surface area contributed by atoms with Crippen LogP contribution in [0.1, 0.15) is 29.6 Å². The lowest BCUT2D eigenvalue weighted by atomic mass is 9.96. The summed E-state index contributed by atoms with van der Waals surface area (Å²) in [6.07, 6.45) is 3.71. The number of ether oxygens (including phenoxy) is 1. The van der Waals surface area contributed by atoms with Gasteiger partial charge in [-0.2, -0.15) is 0 Å². The van der Waals surface area contributed by atoms with Crippen molar-refractivity contribution in [3.63, 3.8) is 0 Å². The maximum absolute atomic E-state index is 11.6. The van der Waals surface area contributed by atoms with Gasteiger partial charge in [-0.25, -0.2) is 0 Å². The fourth-order valence-electron chi connectivity index (χ4n) is 1.70. The lowest BCUT2D eigenvalue weighted by Crippen LogP contribution is -2.24. The van der Waals surface area contributed by atoms with E-state index in [1.165, 1.54) is 6.42 Å². The van der Waals surface area contributed by atoms with Crippen LogP contribution < -0.4 is 10.1 Å². The molecule has 0 saturated heterocycles. The molecular formula is C13H16ClNO2. The minimum atomic E-state index is 0.0320. The summed E-state index contributed by atoms with van der Waals surface area (Å²) in [4.78, 5) is 11.6. The Labute approximate surface area is 106 Å². The highest BCUT2D eigenvalue weighted by atomic mass is 35.5. The molecule has 0 atom stereocenters. The van der Waals surface area contributed by atoms with E-state index in [0.29, 0.717) is 29.0 Å². The van der Waals surface area contributed by atoms with Gasteiger partial charge in [-0.05, 0) is 44.5 Å². The molecule has 1 aliphatic carbocycles. The van der Waals surface area contributed by atoms with Crippen LogP contribution in [-0.2, 0) is 0 Å². The van der Waals surface area contributed by atoms with Crippen molar-refractivity contribution in [1.29, 1.82) is 0 Å². The minimum Gasteiger partial charge on any atom is -0.489 e. The van der Waals surface area contributed by atoms with Gasteiger partial charge in [0.05, 0.1) is 17.7 Å². The van der Waals surface area contributed by atoms with Crippen LogP contribution in [0.3, 0.4) is 0 Å². The van der Waals surface area contributed by atoms with Crippen molar-refractivity contribution in [3.05, 3.63) is 28.8 Å². The Morgan fingerprint density at radius 3 is 2.82 bits per heavy atom. The fraction of sp³-hybridized carbons (Fsp3) is 0.462. The number of hydrogen-bond donors (Lipinski definition) is 1. The molecule has 3 nitrogen and oxygen atoms in total. The number of carbonyl (C=O) groups is 1. The fourth-order valence-corrected chi connectivity index (χ4v) is 1.93. The van der Waals surface area contributed by atoms with E-state index in [1.54, 1.807) is 25.2 Å². The second-order valence-corrected chi connectivity index (χ2v) is 4.68. The highest BCUT2D eigenvalue weighted by Crippen LogP contribution is 2.31. The zero-order chi connectivity index (χ0) is 12.3. The van der Waals surface area contributed by atoms with Crippen LogP contribution in [0.15, 0.2) is 18.2 Å². The first-order valence-corrected chi connectivity index (χ1v) is 6.22. The summed E-state index contributed by atoms with van der Waals surface area (Å²) >= 11 is 6.10. The third kappa shape index (κ3) is 2.99. The van der Waals surface area contributed by atoms with Gasteiger partial charge in [-0.15, -0.1) is 0 Å². The Morgan fingerprint density at radius 2 is 2.29 bits per heavy atom. The summed E-state index contributed by atoms with van der Waals surface area (Å²) in [5.41, 5.74) is 0.616. The van der Waals surface area contributed by atoms with E-state index in [-0.39, 0.29) is 5.78 Å². The van der Waals surface area contributed by atoms with Crippen LogP contribution in [-0.4, -0.2) is 25.5 Å². The molecule has 0 bridgehead atoms. The summed E-state index contributed by atoms with van der Waals surface area (Å²) < 4.78 is 5.72. The number of hydrogen-bond acceptors (Lipinski definition) is 3. The molecule has 1 N–H and O–H groups in total. The normalized spacial score (nSPS) is 15.4. The zero-order valence-electron chi connectivity index (χ0n) is 9.83. The summed E-state index contributed by atoms with van der Waals surface area (Å²) in [5, 5.41) is 3.34. The van der Waals surface area contributed by atoms with Gasteiger partial charge < -0.3 is 10.1 Å². The molecule has 0 aliphatic heterocycles. The van der Waals surface area contributed by atoms with Crippen LogP contribution in [0.25, 0.3) is 0 Å². The first-order valence-electron chi connectivity index (χ1n) is 5.84. The molecule has 17 heavy (non-hydrogen) atoms. The molecule has 0 radical (unpaired) electrons. The van der Waals surface area contributed by atoms with Gasteiger partial charge in [0, 0.05) is 5.56 Å².